The Hall–Kier alpha value is -2.87. The van der Waals surface area contributed by atoms with E-state index in [0.717, 1.165) is 36.2 Å². The minimum absolute atomic E-state index is 0.0318. The quantitative estimate of drug-likeness (QED) is 0.600. The first-order valence-corrected chi connectivity index (χ1v) is 12.7. The van der Waals surface area contributed by atoms with Gasteiger partial charge in [0, 0.05) is 50.9 Å². The molecule has 1 aromatic rings. The van der Waals surface area contributed by atoms with Crippen LogP contribution in [0.1, 0.15) is 56.8 Å². The number of aryl methyl sites for hydroxylation is 2. The third-order valence-corrected chi connectivity index (χ3v) is 6.76. The monoisotopic (exact) mass is 484 g/mol. The molecule has 1 atom stereocenters. The van der Waals surface area contributed by atoms with Gasteiger partial charge in [0.1, 0.15) is 0 Å². The molecule has 1 fully saturated rings. The minimum atomic E-state index is -0.578. The number of esters is 1. The third kappa shape index (κ3) is 6.04. The molecule has 0 aliphatic carbocycles. The summed E-state index contributed by atoms with van der Waals surface area (Å²) in [5, 5.41) is 3.06. The summed E-state index contributed by atoms with van der Waals surface area (Å²) < 4.78 is 5.50. The normalized spacial score (nSPS) is 19.6. The molecule has 1 aromatic carbocycles. The van der Waals surface area contributed by atoms with Crippen LogP contribution in [0, 0.1) is 19.8 Å². The van der Waals surface area contributed by atoms with Crippen molar-refractivity contribution in [3.8, 4) is 0 Å². The number of hydrogen-bond acceptors (Lipinski definition) is 5. The molecule has 35 heavy (non-hydrogen) atoms. The summed E-state index contributed by atoms with van der Waals surface area (Å²) in [6, 6.07) is 5.27. The predicted molar refractivity (Wildman–Crippen MR) is 136 cm³/mol. The predicted octanol–water partition coefficient (Wildman–Crippen LogP) is 3.40. The summed E-state index contributed by atoms with van der Waals surface area (Å²) in [5.74, 6) is -0.269. The van der Waals surface area contributed by atoms with Gasteiger partial charge in [0.2, 0.25) is 5.91 Å². The van der Waals surface area contributed by atoms with E-state index in [-0.39, 0.29) is 24.5 Å². The first kappa shape index (κ1) is 26.7. The van der Waals surface area contributed by atoms with E-state index in [2.05, 4.69) is 10.2 Å². The van der Waals surface area contributed by atoms with Crippen LogP contribution in [-0.2, 0) is 14.3 Å². The highest BCUT2D eigenvalue weighted by Gasteiger charge is 2.39. The molecule has 0 bridgehead atoms. The van der Waals surface area contributed by atoms with Gasteiger partial charge in [-0.25, -0.2) is 9.59 Å². The molecule has 3 rings (SSSR count). The van der Waals surface area contributed by atoms with Crippen LogP contribution in [0.2, 0.25) is 0 Å². The zero-order valence-electron chi connectivity index (χ0n) is 22.0. The van der Waals surface area contributed by atoms with Gasteiger partial charge >= 0.3 is 12.0 Å². The molecule has 0 radical (unpaired) electrons. The number of benzene rings is 1. The number of amides is 3. The van der Waals surface area contributed by atoms with Crippen LogP contribution in [0.15, 0.2) is 29.5 Å². The molecule has 3 amide bonds. The summed E-state index contributed by atoms with van der Waals surface area (Å²) >= 11 is 0. The zero-order valence-corrected chi connectivity index (χ0v) is 22.0. The van der Waals surface area contributed by atoms with Crippen LogP contribution in [0.4, 0.5) is 4.79 Å². The lowest BCUT2D eigenvalue weighted by Crippen LogP contribution is -2.51. The number of urea groups is 1. The first-order valence-electron chi connectivity index (χ1n) is 12.7. The summed E-state index contributed by atoms with van der Waals surface area (Å²) in [4.78, 5) is 44.9. The molecule has 0 aromatic heterocycles. The molecule has 8 nitrogen and oxygen atoms in total. The second-order valence-electron chi connectivity index (χ2n) is 9.68. The van der Waals surface area contributed by atoms with E-state index in [0.29, 0.717) is 37.4 Å². The van der Waals surface area contributed by atoms with Crippen molar-refractivity contribution in [1.82, 2.24) is 20.0 Å². The highest BCUT2D eigenvalue weighted by atomic mass is 16.5. The summed E-state index contributed by atoms with van der Waals surface area (Å²) in [6.45, 7) is 15.5. The van der Waals surface area contributed by atoms with Crippen LogP contribution < -0.4 is 5.32 Å². The van der Waals surface area contributed by atoms with E-state index in [1.807, 2.05) is 57.7 Å². The van der Waals surface area contributed by atoms with Crippen molar-refractivity contribution < 1.29 is 19.1 Å². The number of nitrogens with zero attached hydrogens (tertiary/aromatic N) is 3. The largest absolute Gasteiger partial charge is 0.463 e. The Balaban J connectivity index is 2.01. The molecule has 1 saturated heterocycles. The second-order valence-corrected chi connectivity index (χ2v) is 9.68. The van der Waals surface area contributed by atoms with E-state index in [9.17, 15) is 14.4 Å². The lowest BCUT2D eigenvalue weighted by Gasteiger charge is -2.38. The minimum Gasteiger partial charge on any atom is -0.463 e. The number of ether oxygens (including phenoxy) is 1. The van der Waals surface area contributed by atoms with Gasteiger partial charge in [0.15, 0.2) is 0 Å². The third-order valence-electron chi connectivity index (χ3n) is 6.76. The average molecular weight is 485 g/mol. The number of carbonyl (C=O) groups is 3. The Morgan fingerprint density at radius 1 is 1.11 bits per heavy atom. The molecule has 1 unspecified atom stereocenters. The van der Waals surface area contributed by atoms with Crippen LogP contribution in [-0.4, -0.2) is 78.5 Å². The molecule has 2 aliphatic heterocycles. The maximum atomic E-state index is 13.4. The Bertz CT molecular complexity index is 987. The smallest absolute Gasteiger partial charge is 0.338 e. The van der Waals surface area contributed by atoms with Crippen molar-refractivity contribution in [2.24, 2.45) is 5.92 Å². The fourth-order valence-electron chi connectivity index (χ4n) is 4.89. The van der Waals surface area contributed by atoms with Gasteiger partial charge in [0.05, 0.1) is 18.2 Å². The van der Waals surface area contributed by atoms with Gasteiger partial charge in [-0.15, -0.1) is 0 Å². The van der Waals surface area contributed by atoms with Gasteiger partial charge in [0.25, 0.3) is 0 Å². The summed E-state index contributed by atoms with van der Waals surface area (Å²) in [7, 11) is 0. The van der Waals surface area contributed by atoms with Crippen LogP contribution >= 0.6 is 0 Å². The van der Waals surface area contributed by atoms with E-state index >= 15 is 0 Å². The highest BCUT2D eigenvalue weighted by Crippen LogP contribution is 2.34. The fourth-order valence-corrected chi connectivity index (χ4v) is 4.89. The molecule has 2 heterocycles. The fraction of sp³-hybridized carbons (Fsp3) is 0.593. The molecule has 0 saturated carbocycles. The first-order chi connectivity index (χ1) is 16.7. The van der Waals surface area contributed by atoms with Crippen molar-refractivity contribution in [2.45, 2.75) is 54.0 Å². The molecule has 8 heteroatoms. The number of nitrogens with one attached hydrogen (secondary N) is 1. The maximum absolute atomic E-state index is 13.4. The van der Waals surface area contributed by atoms with Crippen molar-refractivity contribution in [2.75, 3.05) is 45.9 Å². The highest BCUT2D eigenvalue weighted by molar-refractivity contribution is 5.95. The maximum Gasteiger partial charge on any atom is 0.338 e. The van der Waals surface area contributed by atoms with Crippen molar-refractivity contribution in [3.05, 3.63) is 46.2 Å². The molecule has 1 N–H and O–H groups in total. The topological polar surface area (TPSA) is 82.2 Å². The van der Waals surface area contributed by atoms with Gasteiger partial charge in [-0.1, -0.05) is 37.6 Å². The van der Waals surface area contributed by atoms with Crippen LogP contribution in [0.25, 0.3) is 0 Å². The standard InChI is InChI=1S/C27H40N4O4/c1-7-31-22(17-29-12-9-13-30(15-14-29)25(32)18(3)4)23(26(33)35-8-2)24(28-27(31)34)21-16-19(5)10-11-20(21)6/h10-11,16,18,24H,7-9,12-15,17H2,1-6H3,(H,28,34). The lowest BCUT2D eigenvalue weighted by molar-refractivity contribution is -0.139. The van der Waals surface area contributed by atoms with E-state index in [1.54, 1.807) is 11.8 Å². The SMILES string of the molecule is CCOC(=O)C1=C(CN2CCCN(C(=O)C(C)C)CC2)N(CC)C(=O)NC1c1cc(C)ccc1C. The summed E-state index contributed by atoms with van der Waals surface area (Å²) in [6.07, 6.45) is 0.846. The number of carbonyl (C=O) groups excluding carboxylic acids is 3. The van der Waals surface area contributed by atoms with Gasteiger partial charge in [-0.05, 0) is 45.2 Å². The van der Waals surface area contributed by atoms with Crippen LogP contribution in [0.3, 0.4) is 0 Å². The van der Waals surface area contributed by atoms with Crippen molar-refractivity contribution >= 4 is 17.9 Å². The van der Waals surface area contributed by atoms with E-state index in [4.69, 9.17) is 4.74 Å². The Morgan fingerprint density at radius 3 is 2.51 bits per heavy atom. The number of likely N-dealkylation sites (N-methyl/N-ethyl adjacent to an activating group) is 1. The van der Waals surface area contributed by atoms with Gasteiger partial charge in [-0.3, -0.25) is 14.6 Å². The van der Waals surface area contributed by atoms with E-state index < -0.39 is 12.0 Å². The molecule has 192 valence electrons. The average Bonchev–Trinajstić information content (AvgIpc) is 3.05. The van der Waals surface area contributed by atoms with Crippen LogP contribution in [0.5, 0.6) is 0 Å². The molecular weight excluding hydrogens is 444 g/mol. The van der Waals surface area contributed by atoms with Crippen molar-refractivity contribution in [3.63, 3.8) is 0 Å². The molecule has 2 aliphatic rings. The summed E-state index contributed by atoms with van der Waals surface area (Å²) in [5.41, 5.74) is 4.14. The second kappa shape index (κ2) is 11.7. The van der Waals surface area contributed by atoms with Gasteiger partial charge in [-0.2, -0.15) is 0 Å². The zero-order chi connectivity index (χ0) is 25.7. The molecule has 0 spiro atoms. The van der Waals surface area contributed by atoms with Crippen molar-refractivity contribution in [1.29, 1.82) is 0 Å². The van der Waals surface area contributed by atoms with Gasteiger partial charge < -0.3 is 15.0 Å². The molecular formula is C27H40N4O4. The lowest BCUT2D eigenvalue weighted by atomic mass is 9.90. The Morgan fingerprint density at radius 2 is 1.86 bits per heavy atom. The number of rotatable bonds is 7. The van der Waals surface area contributed by atoms with E-state index in [1.165, 1.54) is 0 Å². The Labute approximate surface area is 209 Å². The number of hydrogen-bond donors (Lipinski definition) is 1. The Kier molecular flexibility index (Phi) is 8.94.